The van der Waals surface area contributed by atoms with Gasteiger partial charge in [-0.3, -0.25) is 0 Å². The van der Waals surface area contributed by atoms with Crippen molar-refractivity contribution in [1.82, 2.24) is 0 Å². The predicted octanol–water partition coefficient (Wildman–Crippen LogP) is 9.55. The standard InChI is InChI=1S/C24H49Br/c1-8-9-10-11-12-13-14-17-22(2,3)20-23(4,5)18-15-16-19-24(6,7)21-25/h8-21H2,1-7H3. The Morgan fingerprint density at radius 2 is 0.880 bits per heavy atom. The Balaban J connectivity index is 3.95. The largest absolute Gasteiger partial charge is 0.0922 e. The lowest BCUT2D eigenvalue weighted by Crippen LogP contribution is -2.23. The average molecular weight is 418 g/mol. The van der Waals surface area contributed by atoms with Crippen LogP contribution in [0.3, 0.4) is 0 Å². The second-order valence-corrected chi connectivity index (χ2v) is 11.4. The first kappa shape index (κ1) is 25.5. The molecular weight excluding hydrogens is 368 g/mol. The lowest BCUT2D eigenvalue weighted by Gasteiger charge is -2.35. The van der Waals surface area contributed by atoms with Crippen molar-refractivity contribution in [2.24, 2.45) is 16.2 Å². The molecule has 0 radical (unpaired) electrons. The topological polar surface area (TPSA) is 0 Å². The van der Waals surface area contributed by atoms with Gasteiger partial charge in [0, 0.05) is 5.33 Å². The summed E-state index contributed by atoms with van der Waals surface area (Å²) in [5.41, 5.74) is 1.45. The Bertz CT molecular complexity index is 314. The van der Waals surface area contributed by atoms with Crippen molar-refractivity contribution in [3.8, 4) is 0 Å². The molecule has 0 aromatic carbocycles. The first-order valence-corrected chi connectivity index (χ1v) is 12.2. The fraction of sp³-hybridized carbons (Fsp3) is 1.00. The highest BCUT2D eigenvalue weighted by atomic mass is 79.9. The van der Waals surface area contributed by atoms with Crippen molar-refractivity contribution < 1.29 is 0 Å². The molecular formula is C24H49Br. The highest BCUT2D eigenvalue weighted by molar-refractivity contribution is 9.09. The Morgan fingerprint density at radius 3 is 1.32 bits per heavy atom. The molecule has 0 aliphatic rings. The summed E-state index contributed by atoms with van der Waals surface area (Å²) in [5, 5.41) is 1.12. The SMILES string of the molecule is CCCCCCCCCC(C)(C)CC(C)(C)CCCCC(C)(C)CBr. The van der Waals surface area contributed by atoms with E-state index in [9.17, 15) is 0 Å². The Kier molecular flexibility index (Phi) is 13.0. The molecule has 25 heavy (non-hydrogen) atoms. The molecule has 0 saturated heterocycles. The summed E-state index contributed by atoms with van der Waals surface area (Å²) >= 11 is 3.65. The molecule has 0 rings (SSSR count). The third kappa shape index (κ3) is 15.3. The van der Waals surface area contributed by atoms with Gasteiger partial charge in [0.2, 0.25) is 0 Å². The number of hydrogen-bond acceptors (Lipinski definition) is 0. The second kappa shape index (κ2) is 12.8. The normalized spacial score (nSPS) is 13.4. The molecule has 0 N–H and O–H groups in total. The van der Waals surface area contributed by atoms with E-state index in [0.29, 0.717) is 16.2 Å². The zero-order valence-electron chi connectivity index (χ0n) is 18.8. The molecule has 0 bridgehead atoms. The van der Waals surface area contributed by atoms with E-state index in [-0.39, 0.29) is 0 Å². The smallest absolute Gasteiger partial charge is 0.00826 e. The van der Waals surface area contributed by atoms with Crippen LogP contribution in [0, 0.1) is 16.2 Å². The Labute approximate surface area is 169 Å². The molecule has 0 aromatic rings. The molecule has 0 fully saturated rings. The van der Waals surface area contributed by atoms with Gasteiger partial charge in [0.15, 0.2) is 0 Å². The van der Waals surface area contributed by atoms with Gasteiger partial charge in [0.25, 0.3) is 0 Å². The van der Waals surface area contributed by atoms with Gasteiger partial charge in [-0.25, -0.2) is 0 Å². The van der Waals surface area contributed by atoms with Crippen LogP contribution >= 0.6 is 15.9 Å². The molecule has 0 nitrogen and oxygen atoms in total. The predicted molar refractivity (Wildman–Crippen MR) is 121 cm³/mol. The van der Waals surface area contributed by atoms with E-state index in [1.54, 1.807) is 0 Å². The highest BCUT2D eigenvalue weighted by Gasteiger charge is 2.28. The zero-order chi connectivity index (χ0) is 19.4. The van der Waals surface area contributed by atoms with Crippen molar-refractivity contribution in [3.63, 3.8) is 0 Å². The van der Waals surface area contributed by atoms with Gasteiger partial charge in [-0.05, 0) is 41.9 Å². The average Bonchev–Trinajstić information content (AvgIpc) is 2.50. The van der Waals surface area contributed by atoms with Gasteiger partial charge >= 0.3 is 0 Å². The number of rotatable bonds is 16. The third-order valence-corrected chi connectivity index (χ3v) is 7.25. The van der Waals surface area contributed by atoms with E-state index < -0.39 is 0 Å². The second-order valence-electron chi connectivity index (χ2n) is 10.9. The summed E-state index contributed by atoms with van der Waals surface area (Å²) < 4.78 is 0. The molecule has 152 valence electrons. The van der Waals surface area contributed by atoms with E-state index in [4.69, 9.17) is 0 Å². The van der Waals surface area contributed by atoms with E-state index in [2.05, 4.69) is 64.4 Å². The molecule has 0 aromatic heterocycles. The van der Waals surface area contributed by atoms with Crippen LogP contribution in [0.2, 0.25) is 0 Å². The highest BCUT2D eigenvalue weighted by Crippen LogP contribution is 2.41. The summed E-state index contributed by atoms with van der Waals surface area (Å²) in [6.45, 7) is 17.0. The lowest BCUT2D eigenvalue weighted by molar-refractivity contribution is 0.162. The summed E-state index contributed by atoms with van der Waals surface area (Å²) in [6, 6.07) is 0. The number of halogens is 1. The Morgan fingerprint density at radius 1 is 0.520 bits per heavy atom. The molecule has 0 saturated carbocycles. The van der Waals surface area contributed by atoms with Gasteiger partial charge in [0.1, 0.15) is 0 Å². The van der Waals surface area contributed by atoms with E-state index in [0.717, 1.165) is 5.33 Å². The molecule has 0 heterocycles. The van der Waals surface area contributed by atoms with Crippen LogP contribution in [-0.4, -0.2) is 5.33 Å². The molecule has 0 amide bonds. The van der Waals surface area contributed by atoms with Crippen molar-refractivity contribution in [2.45, 2.75) is 132 Å². The molecule has 0 atom stereocenters. The summed E-state index contributed by atoms with van der Waals surface area (Å²) in [6.07, 6.45) is 18.2. The van der Waals surface area contributed by atoms with Crippen LogP contribution in [0.5, 0.6) is 0 Å². The van der Waals surface area contributed by atoms with E-state index >= 15 is 0 Å². The van der Waals surface area contributed by atoms with Crippen molar-refractivity contribution in [3.05, 3.63) is 0 Å². The minimum absolute atomic E-state index is 0.459. The van der Waals surface area contributed by atoms with Crippen molar-refractivity contribution in [1.29, 1.82) is 0 Å². The maximum absolute atomic E-state index is 3.65. The molecule has 0 spiro atoms. The summed E-state index contributed by atoms with van der Waals surface area (Å²) in [5.74, 6) is 0. The maximum Gasteiger partial charge on any atom is 0.00826 e. The van der Waals surface area contributed by atoms with Crippen LogP contribution in [0.25, 0.3) is 0 Å². The van der Waals surface area contributed by atoms with Gasteiger partial charge in [0.05, 0.1) is 0 Å². The zero-order valence-corrected chi connectivity index (χ0v) is 20.4. The van der Waals surface area contributed by atoms with Crippen LogP contribution < -0.4 is 0 Å². The summed E-state index contributed by atoms with van der Waals surface area (Å²) in [7, 11) is 0. The number of unbranched alkanes of at least 4 members (excludes halogenated alkanes) is 7. The van der Waals surface area contributed by atoms with Gasteiger partial charge in [-0.15, -0.1) is 0 Å². The quantitative estimate of drug-likeness (QED) is 0.173. The fourth-order valence-electron chi connectivity index (χ4n) is 4.31. The molecule has 0 aliphatic carbocycles. The Hall–Kier alpha value is 0.480. The van der Waals surface area contributed by atoms with Crippen LogP contribution in [0.15, 0.2) is 0 Å². The fourth-order valence-corrected chi connectivity index (χ4v) is 4.59. The minimum atomic E-state index is 0.459. The van der Waals surface area contributed by atoms with E-state index in [1.807, 2.05) is 0 Å². The van der Waals surface area contributed by atoms with Crippen LogP contribution in [-0.2, 0) is 0 Å². The van der Waals surface area contributed by atoms with Gasteiger partial charge < -0.3 is 0 Å². The minimum Gasteiger partial charge on any atom is -0.0922 e. The first-order chi connectivity index (χ1) is 11.5. The number of alkyl halides is 1. The van der Waals surface area contributed by atoms with Crippen molar-refractivity contribution in [2.75, 3.05) is 5.33 Å². The van der Waals surface area contributed by atoms with Crippen LogP contribution in [0.1, 0.15) is 132 Å². The third-order valence-electron chi connectivity index (χ3n) is 5.73. The number of hydrogen-bond donors (Lipinski definition) is 0. The molecule has 1 heteroatoms. The lowest BCUT2D eigenvalue weighted by atomic mass is 9.70. The molecule has 0 aliphatic heterocycles. The monoisotopic (exact) mass is 416 g/mol. The maximum atomic E-state index is 3.65. The first-order valence-electron chi connectivity index (χ1n) is 11.1. The van der Waals surface area contributed by atoms with Gasteiger partial charge in [-0.2, -0.15) is 0 Å². The van der Waals surface area contributed by atoms with Gasteiger partial charge in [-0.1, -0.05) is 122 Å². The van der Waals surface area contributed by atoms with Crippen molar-refractivity contribution >= 4 is 15.9 Å². The van der Waals surface area contributed by atoms with Crippen LogP contribution in [0.4, 0.5) is 0 Å². The molecule has 0 unspecified atom stereocenters. The van der Waals surface area contributed by atoms with E-state index in [1.165, 1.54) is 83.5 Å². The summed E-state index contributed by atoms with van der Waals surface area (Å²) in [4.78, 5) is 0.